The van der Waals surface area contributed by atoms with Crippen molar-refractivity contribution in [3.8, 4) is 0 Å². The van der Waals surface area contributed by atoms with E-state index in [1.165, 1.54) is 22.9 Å². The number of aromatic nitrogens is 3. The van der Waals surface area contributed by atoms with Crippen LogP contribution in [0.4, 0.5) is 10.3 Å². The molecular weight excluding hydrogens is 288 g/mol. The van der Waals surface area contributed by atoms with Gasteiger partial charge in [-0.3, -0.25) is 0 Å². The Morgan fingerprint density at radius 1 is 1.33 bits per heavy atom. The van der Waals surface area contributed by atoms with Gasteiger partial charge < -0.3 is 0 Å². The molecule has 9 heteroatoms. The molecule has 0 saturated carbocycles. The molecule has 0 spiro atoms. The van der Waals surface area contributed by atoms with Crippen molar-refractivity contribution >= 4 is 44.9 Å². The highest BCUT2D eigenvalue weighted by atomic mass is 32.2. The number of aryl methyl sites for hydroxylation is 2. The SMILES string of the molecule is CCSc1nsc(NN=Nc2nc(C)c(C)s2)n1. The Balaban J connectivity index is 1.93. The van der Waals surface area contributed by atoms with E-state index >= 15 is 0 Å². The highest BCUT2D eigenvalue weighted by Gasteiger charge is 2.03. The smallest absolute Gasteiger partial charge is 0.232 e. The van der Waals surface area contributed by atoms with Gasteiger partial charge in [-0.1, -0.05) is 35.2 Å². The number of hydrogen-bond acceptors (Lipinski definition) is 8. The largest absolute Gasteiger partial charge is 0.232 e. The second kappa shape index (κ2) is 6.21. The maximum atomic E-state index is 4.26. The highest BCUT2D eigenvalue weighted by Crippen LogP contribution is 2.24. The van der Waals surface area contributed by atoms with Crippen LogP contribution in [0.2, 0.25) is 0 Å². The number of nitrogens with zero attached hydrogens (tertiary/aromatic N) is 5. The van der Waals surface area contributed by atoms with Gasteiger partial charge in [-0.05, 0) is 19.6 Å². The number of rotatable bonds is 5. The maximum Gasteiger partial charge on any atom is 0.232 e. The van der Waals surface area contributed by atoms with Gasteiger partial charge in [0.15, 0.2) is 0 Å². The topological polar surface area (TPSA) is 75.4 Å². The Hall–Kier alpha value is -1.06. The summed E-state index contributed by atoms with van der Waals surface area (Å²) in [6.07, 6.45) is 0. The maximum absolute atomic E-state index is 4.26. The molecule has 0 amide bonds. The number of anilines is 1. The fraction of sp³-hybridized carbons (Fsp3) is 0.444. The molecule has 96 valence electrons. The first-order valence-electron chi connectivity index (χ1n) is 5.26. The summed E-state index contributed by atoms with van der Waals surface area (Å²) in [5.41, 5.74) is 3.75. The summed E-state index contributed by atoms with van der Waals surface area (Å²) in [7, 11) is 0. The van der Waals surface area contributed by atoms with E-state index in [4.69, 9.17) is 0 Å². The van der Waals surface area contributed by atoms with Crippen molar-refractivity contribution in [3.05, 3.63) is 10.6 Å². The molecule has 0 unspecified atom stereocenters. The van der Waals surface area contributed by atoms with Crippen molar-refractivity contribution in [3.63, 3.8) is 0 Å². The predicted octanol–water partition coefficient (Wildman–Crippen LogP) is 3.83. The summed E-state index contributed by atoms with van der Waals surface area (Å²) >= 11 is 4.38. The van der Waals surface area contributed by atoms with E-state index < -0.39 is 0 Å². The fourth-order valence-electron chi connectivity index (χ4n) is 1.05. The van der Waals surface area contributed by atoms with Crippen LogP contribution in [-0.2, 0) is 0 Å². The van der Waals surface area contributed by atoms with Crippen molar-refractivity contribution < 1.29 is 0 Å². The molecule has 0 bridgehead atoms. The van der Waals surface area contributed by atoms with Crippen molar-refractivity contribution in [2.45, 2.75) is 25.9 Å². The molecule has 0 aliphatic heterocycles. The van der Waals surface area contributed by atoms with Crippen LogP contribution < -0.4 is 5.43 Å². The van der Waals surface area contributed by atoms with Crippen LogP contribution in [0, 0.1) is 13.8 Å². The minimum atomic E-state index is 0.639. The van der Waals surface area contributed by atoms with Gasteiger partial charge in [0.1, 0.15) is 0 Å². The van der Waals surface area contributed by atoms with Gasteiger partial charge in [0.2, 0.25) is 15.4 Å². The Morgan fingerprint density at radius 3 is 2.83 bits per heavy atom. The standard InChI is InChI=1S/C9H12N6S3/c1-4-16-9-11-8(18-14-9)13-15-12-7-10-5(2)6(3)17-7/h4H2,1-3H3,(H,10,11,12,13,14). The van der Waals surface area contributed by atoms with Crippen molar-refractivity contribution in [2.24, 2.45) is 10.3 Å². The van der Waals surface area contributed by atoms with Gasteiger partial charge in [0, 0.05) is 16.4 Å². The zero-order valence-corrected chi connectivity index (χ0v) is 12.6. The van der Waals surface area contributed by atoms with E-state index in [0.29, 0.717) is 10.3 Å². The van der Waals surface area contributed by atoms with E-state index in [1.807, 2.05) is 13.8 Å². The Labute approximate surface area is 117 Å². The molecule has 0 aromatic carbocycles. The Bertz CT molecular complexity index is 527. The second-order valence-corrected chi connectivity index (χ2v) is 6.43. The lowest BCUT2D eigenvalue weighted by Crippen LogP contribution is -1.84. The van der Waals surface area contributed by atoms with Crippen LogP contribution in [0.1, 0.15) is 17.5 Å². The molecule has 2 aromatic rings. The minimum absolute atomic E-state index is 0.639. The normalized spacial score (nSPS) is 11.3. The van der Waals surface area contributed by atoms with Crippen molar-refractivity contribution in [2.75, 3.05) is 11.2 Å². The third-order valence-electron chi connectivity index (χ3n) is 1.98. The lowest BCUT2D eigenvalue weighted by molar-refractivity contribution is 1.04. The summed E-state index contributed by atoms with van der Waals surface area (Å²) < 4.78 is 4.17. The van der Waals surface area contributed by atoms with Crippen LogP contribution in [0.25, 0.3) is 0 Å². The van der Waals surface area contributed by atoms with Gasteiger partial charge in [-0.25, -0.2) is 10.4 Å². The molecule has 0 saturated heterocycles. The monoisotopic (exact) mass is 300 g/mol. The zero-order chi connectivity index (χ0) is 13.0. The van der Waals surface area contributed by atoms with E-state index in [0.717, 1.165) is 21.5 Å². The fourth-order valence-corrected chi connectivity index (χ4v) is 2.99. The van der Waals surface area contributed by atoms with Gasteiger partial charge >= 0.3 is 0 Å². The summed E-state index contributed by atoms with van der Waals surface area (Å²) in [6.45, 7) is 6.03. The molecule has 6 nitrogen and oxygen atoms in total. The minimum Gasteiger partial charge on any atom is -0.232 e. The van der Waals surface area contributed by atoms with E-state index in [-0.39, 0.29) is 0 Å². The number of thioether (sulfide) groups is 1. The third kappa shape index (κ3) is 3.47. The molecule has 1 N–H and O–H groups in total. The van der Waals surface area contributed by atoms with Crippen LogP contribution >= 0.6 is 34.6 Å². The van der Waals surface area contributed by atoms with E-state index in [9.17, 15) is 0 Å². The molecule has 2 rings (SSSR count). The number of nitrogens with one attached hydrogen (secondary N) is 1. The average Bonchev–Trinajstić information content (AvgIpc) is 2.88. The molecule has 0 radical (unpaired) electrons. The second-order valence-electron chi connectivity index (χ2n) is 3.26. The third-order valence-corrected chi connectivity index (χ3v) is 4.40. The molecular formula is C9H12N6S3. The number of thiazole rings is 1. The van der Waals surface area contributed by atoms with E-state index in [2.05, 4.69) is 37.0 Å². The van der Waals surface area contributed by atoms with Crippen molar-refractivity contribution in [1.82, 2.24) is 14.3 Å². The summed E-state index contributed by atoms with van der Waals surface area (Å²) in [6, 6.07) is 0. The van der Waals surface area contributed by atoms with Gasteiger partial charge in [0.05, 0.1) is 5.69 Å². The molecule has 0 atom stereocenters. The zero-order valence-electron chi connectivity index (χ0n) is 10.2. The molecule has 0 aliphatic rings. The lowest BCUT2D eigenvalue weighted by Gasteiger charge is -1.88. The molecule has 2 heterocycles. The molecule has 18 heavy (non-hydrogen) atoms. The predicted molar refractivity (Wildman–Crippen MR) is 76.0 cm³/mol. The van der Waals surface area contributed by atoms with Crippen LogP contribution in [-0.4, -0.2) is 20.1 Å². The summed E-state index contributed by atoms with van der Waals surface area (Å²) in [5.74, 6) is 0.954. The first-order valence-corrected chi connectivity index (χ1v) is 7.84. The molecule has 0 aliphatic carbocycles. The van der Waals surface area contributed by atoms with Gasteiger partial charge in [-0.15, -0.1) is 5.11 Å². The summed E-state index contributed by atoms with van der Waals surface area (Å²) in [5, 5.41) is 9.90. The summed E-state index contributed by atoms with van der Waals surface area (Å²) in [4.78, 5) is 9.65. The average molecular weight is 300 g/mol. The Kier molecular flexibility index (Phi) is 4.61. The van der Waals surface area contributed by atoms with Gasteiger partial charge in [0.25, 0.3) is 0 Å². The first-order chi connectivity index (χ1) is 8.69. The van der Waals surface area contributed by atoms with Crippen LogP contribution in [0.5, 0.6) is 0 Å². The Morgan fingerprint density at radius 2 is 2.17 bits per heavy atom. The molecule has 2 aromatic heterocycles. The quantitative estimate of drug-likeness (QED) is 0.516. The number of hydrogen-bond donors (Lipinski definition) is 1. The van der Waals surface area contributed by atoms with E-state index in [1.54, 1.807) is 11.8 Å². The van der Waals surface area contributed by atoms with Crippen LogP contribution in [0.3, 0.4) is 0 Å². The van der Waals surface area contributed by atoms with Crippen LogP contribution in [0.15, 0.2) is 15.5 Å². The van der Waals surface area contributed by atoms with Gasteiger partial charge in [-0.2, -0.15) is 9.36 Å². The molecule has 0 fully saturated rings. The van der Waals surface area contributed by atoms with Crippen molar-refractivity contribution in [1.29, 1.82) is 0 Å². The highest BCUT2D eigenvalue weighted by molar-refractivity contribution is 7.99. The first kappa shape index (κ1) is 13.4. The lowest BCUT2D eigenvalue weighted by atomic mass is 10.4.